The van der Waals surface area contributed by atoms with Gasteiger partial charge < -0.3 is 9.47 Å². The summed E-state index contributed by atoms with van der Waals surface area (Å²) in [7, 11) is 1.60. The van der Waals surface area contributed by atoms with Crippen LogP contribution in [0.2, 0.25) is 0 Å². The number of ether oxygens (including phenoxy) is 2. The maximum Gasteiger partial charge on any atom is 0.250 e. The van der Waals surface area contributed by atoms with E-state index in [2.05, 4.69) is 27.6 Å². The average molecular weight is 504 g/mol. The highest BCUT2D eigenvalue weighted by molar-refractivity contribution is 8.01. The van der Waals surface area contributed by atoms with E-state index in [1.54, 1.807) is 13.3 Å². The molecule has 0 radical (unpaired) electrons. The molecular formula is C27H25N3O3S2. The molecule has 1 amide bonds. The van der Waals surface area contributed by atoms with E-state index in [9.17, 15) is 4.79 Å². The van der Waals surface area contributed by atoms with Crippen LogP contribution in [-0.2, 0) is 11.2 Å². The maximum atomic E-state index is 12.2. The standard InChI is InChI=1S/C27H25N3O3S2/c1-32-25-16-21(12-13-24(25)33-15-14-20-8-4-2-5-9-20)17-28-30-26(31)19-35-27-29-23(18-34-27)22-10-6-3-7-11-22/h2-13,16-18H,14-15,19H2,1H3,(H,30,31)/b28-17+. The van der Waals surface area contributed by atoms with Crippen molar-refractivity contribution in [1.82, 2.24) is 10.4 Å². The fourth-order valence-corrected chi connectivity index (χ4v) is 4.84. The van der Waals surface area contributed by atoms with E-state index in [-0.39, 0.29) is 11.7 Å². The lowest BCUT2D eigenvalue weighted by molar-refractivity contribution is -0.118. The van der Waals surface area contributed by atoms with E-state index >= 15 is 0 Å². The van der Waals surface area contributed by atoms with Gasteiger partial charge in [-0.05, 0) is 29.3 Å². The van der Waals surface area contributed by atoms with Gasteiger partial charge in [0.15, 0.2) is 15.8 Å². The lowest BCUT2D eigenvalue weighted by Gasteiger charge is -2.11. The summed E-state index contributed by atoms with van der Waals surface area (Å²) < 4.78 is 12.2. The first-order valence-electron chi connectivity index (χ1n) is 11.0. The lowest BCUT2D eigenvalue weighted by Crippen LogP contribution is -2.19. The number of carbonyl (C=O) groups is 1. The molecule has 0 bridgehead atoms. The molecule has 0 atom stereocenters. The number of methoxy groups -OCH3 is 1. The molecular weight excluding hydrogens is 478 g/mol. The van der Waals surface area contributed by atoms with Crippen LogP contribution in [0.3, 0.4) is 0 Å². The average Bonchev–Trinajstić information content (AvgIpc) is 3.38. The van der Waals surface area contributed by atoms with Gasteiger partial charge in [0.25, 0.3) is 5.91 Å². The Morgan fingerprint density at radius 2 is 1.83 bits per heavy atom. The third-order valence-electron chi connectivity index (χ3n) is 4.96. The van der Waals surface area contributed by atoms with Gasteiger partial charge in [-0.25, -0.2) is 10.4 Å². The number of aromatic nitrogens is 1. The van der Waals surface area contributed by atoms with Crippen LogP contribution in [0.5, 0.6) is 11.5 Å². The predicted octanol–water partition coefficient (Wildman–Crippen LogP) is 5.68. The van der Waals surface area contributed by atoms with Crippen LogP contribution in [-0.4, -0.2) is 36.6 Å². The second kappa shape index (κ2) is 12.7. The van der Waals surface area contributed by atoms with Crippen LogP contribution in [0.25, 0.3) is 11.3 Å². The number of amides is 1. The monoisotopic (exact) mass is 503 g/mol. The number of thiazole rings is 1. The molecule has 0 saturated heterocycles. The Morgan fingerprint density at radius 3 is 2.60 bits per heavy atom. The van der Waals surface area contributed by atoms with Crippen LogP contribution in [0.1, 0.15) is 11.1 Å². The Labute approximate surface area is 213 Å². The van der Waals surface area contributed by atoms with Gasteiger partial charge in [-0.2, -0.15) is 5.10 Å². The summed E-state index contributed by atoms with van der Waals surface area (Å²) in [5, 5.41) is 6.06. The fraction of sp³-hybridized carbons (Fsp3) is 0.148. The number of hydrogen-bond donors (Lipinski definition) is 1. The first-order chi connectivity index (χ1) is 17.2. The van der Waals surface area contributed by atoms with Crippen LogP contribution >= 0.6 is 23.1 Å². The molecule has 1 N–H and O–H groups in total. The number of hydrogen-bond acceptors (Lipinski definition) is 7. The van der Waals surface area contributed by atoms with Crippen LogP contribution in [0.4, 0.5) is 0 Å². The lowest BCUT2D eigenvalue weighted by atomic mass is 10.2. The Hall–Kier alpha value is -3.62. The van der Waals surface area contributed by atoms with E-state index in [4.69, 9.17) is 9.47 Å². The molecule has 8 heteroatoms. The van der Waals surface area contributed by atoms with Crippen molar-refractivity contribution in [2.75, 3.05) is 19.5 Å². The quantitative estimate of drug-likeness (QED) is 0.162. The summed E-state index contributed by atoms with van der Waals surface area (Å²) in [6.07, 6.45) is 2.39. The van der Waals surface area contributed by atoms with Gasteiger partial charge in [-0.3, -0.25) is 4.79 Å². The summed E-state index contributed by atoms with van der Waals surface area (Å²) in [5.74, 6) is 1.31. The van der Waals surface area contributed by atoms with Crippen molar-refractivity contribution in [3.05, 3.63) is 95.4 Å². The van der Waals surface area contributed by atoms with E-state index in [1.807, 2.05) is 72.1 Å². The molecule has 0 aliphatic carbocycles. The first-order valence-corrected chi connectivity index (χ1v) is 12.9. The van der Waals surface area contributed by atoms with Crippen molar-refractivity contribution in [1.29, 1.82) is 0 Å². The minimum absolute atomic E-state index is 0.199. The van der Waals surface area contributed by atoms with E-state index < -0.39 is 0 Å². The zero-order valence-corrected chi connectivity index (χ0v) is 20.9. The Kier molecular flexibility index (Phi) is 8.91. The normalized spacial score (nSPS) is 10.9. The van der Waals surface area contributed by atoms with Crippen LogP contribution in [0, 0.1) is 0 Å². The molecule has 4 aromatic rings. The van der Waals surface area contributed by atoms with Gasteiger partial charge in [0.2, 0.25) is 0 Å². The zero-order chi connectivity index (χ0) is 24.3. The zero-order valence-electron chi connectivity index (χ0n) is 19.2. The summed E-state index contributed by atoms with van der Waals surface area (Å²) >= 11 is 2.91. The molecule has 1 heterocycles. The minimum Gasteiger partial charge on any atom is -0.493 e. The highest BCUT2D eigenvalue weighted by atomic mass is 32.2. The molecule has 0 aliphatic rings. The molecule has 0 saturated carbocycles. The van der Waals surface area contributed by atoms with Crippen LogP contribution < -0.4 is 14.9 Å². The molecule has 0 fully saturated rings. The molecule has 0 unspecified atom stereocenters. The Balaban J connectivity index is 1.24. The third-order valence-corrected chi connectivity index (χ3v) is 6.98. The van der Waals surface area contributed by atoms with Gasteiger partial charge in [-0.15, -0.1) is 11.3 Å². The summed E-state index contributed by atoms with van der Waals surface area (Å²) in [5.41, 5.74) is 6.54. The highest BCUT2D eigenvalue weighted by Gasteiger charge is 2.08. The van der Waals surface area contributed by atoms with Crippen molar-refractivity contribution in [3.63, 3.8) is 0 Å². The molecule has 0 spiro atoms. The number of carbonyl (C=O) groups excluding carboxylic acids is 1. The van der Waals surface area contributed by atoms with Gasteiger partial charge in [0.1, 0.15) is 0 Å². The topological polar surface area (TPSA) is 72.8 Å². The van der Waals surface area contributed by atoms with Gasteiger partial charge in [0, 0.05) is 17.4 Å². The van der Waals surface area contributed by atoms with Gasteiger partial charge >= 0.3 is 0 Å². The molecule has 3 aromatic carbocycles. The molecule has 6 nitrogen and oxygen atoms in total. The van der Waals surface area contributed by atoms with Gasteiger partial charge in [0.05, 0.1) is 31.4 Å². The van der Waals surface area contributed by atoms with E-state index in [0.717, 1.165) is 27.6 Å². The van der Waals surface area contributed by atoms with E-state index in [0.29, 0.717) is 18.1 Å². The van der Waals surface area contributed by atoms with Crippen molar-refractivity contribution in [2.45, 2.75) is 10.8 Å². The number of hydrazone groups is 1. The summed E-state index contributed by atoms with van der Waals surface area (Å²) in [6, 6.07) is 25.7. The van der Waals surface area contributed by atoms with Crippen LogP contribution in [0.15, 0.2) is 93.7 Å². The number of nitrogens with zero attached hydrogens (tertiary/aromatic N) is 2. The Morgan fingerprint density at radius 1 is 1.06 bits per heavy atom. The van der Waals surface area contributed by atoms with Crippen molar-refractivity contribution < 1.29 is 14.3 Å². The Bertz CT molecular complexity index is 1260. The largest absolute Gasteiger partial charge is 0.493 e. The van der Waals surface area contributed by atoms with E-state index in [1.165, 1.54) is 28.7 Å². The molecule has 1 aromatic heterocycles. The second-order valence-corrected chi connectivity index (χ2v) is 9.52. The third kappa shape index (κ3) is 7.43. The fourth-order valence-electron chi connectivity index (χ4n) is 3.21. The molecule has 4 rings (SSSR count). The minimum atomic E-state index is -0.199. The van der Waals surface area contributed by atoms with Crippen molar-refractivity contribution in [3.8, 4) is 22.8 Å². The highest BCUT2D eigenvalue weighted by Crippen LogP contribution is 2.29. The second-order valence-electron chi connectivity index (χ2n) is 7.44. The smallest absolute Gasteiger partial charge is 0.250 e. The summed E-state index contributed by atoms with van der Waals surface area (Å²) in [6.45, 7) is 0.549. The molecule has 178 valence electrons. The number of nitrogens with one attached hydrogen (secondary N) is 1. The molecule has 0 aliphatic heterocycles. The predicted molar refractivity (Wildman–Crippen MR) is 143 cm³/mol. The molecule has 35 heavy (non-hydrogen) atoms. The first kappa shape index (κ1) is 24.5. The van der Waals surface area contributed by atoms with Gasteiger partial charge in [-0.1, -0.05) is 72.4 Å². The van der Waals surface area contributed by atoms with Crippen molar-refractivity contribution in [2.24, 2.45) is 5.10 Å². The number of thioether (sulfide) groups is 1. The van der Waals surface area contributed by atoms with Crippen molar-refractivity contribution >= 4 is 35.2 Å². The SMILES string of the molecule is COc1cc(/C=N/NC(=O)CSc2nc(-c3ccccc3)cs2)ccc1OCCc1ccccc1. The summed E-state index contributed by atoms with van der Waals surface area (Å²) in [4.78, 5) is 16.8. The number of benzene rings is 3. The maximum absolute atomic E-state index is 12.2. The number of rotatable bonds is 11.